The van der Waals surface area contributed by atoms with Crippen LogP contribution in [-0.2, 0) is 11.3 Å². The molecular formula is C16H24ClN3O3. The predicted octanol–water partition coefficient (Wildman–Crippen LogP) is 1.12. The van der Waals surface area contributed by atoms with Crippen LogP contribution in [0, 0.1) is 5.41 Å². The molecule has 1 aromatic carbocycles. The minimum Gasteiger partial charge on any atom is -0.454 e. The fraction of sp³-hybridized carbons (Fsp3) is 0.562. The second kappa shape index (κ2) is 7.38. The summed E-state index contributed by atoms with van der Waals surface area (Å²) in [7, 11) is 0. The lowest BCUT2D eigenvalue weighted by Gasteiger charge is -2.22. The van der Waals surface area contributed by atoms with Crippen molar-refractivity contribution >= 4 is 18.3 Å². The Morgan fingerprint density at radius 2 is 2.17 bits per heavy atom. The normalized spacial score (nSPS) is 22.7. The van der Waals surface area contributed by atoms with Gasteiger partial charge in [-0.25, -0.2) is 0 Å². The van der Waals surface area contributed by atoms with E-state index in [9.17, 15) is 4.79 Å². The first-order chi connectivity index (χ1) is 10.6. The Kier molecular flexibility index (Phi) is 5.73. The fourth-order valence-electron chi connectivity index (χ4n) is 2.94. The number of ether oxygens (including phenoxy) is 2. The highest BCUT2D eigenvalue weighted by Gasteiger charge is 2.32. The lowest BCUT2D eigenvalue weighted by atomic mass is 9.90. The zero-order valence-electron chi connectivity index (χ0n) is 13.3. The number of likely N-dealkylation sites (tertiary alicyclic amines) is 1. The number of hydrogen-bond donors (Lipinski definition) is 2. The third-order valence-electron chi connectivity index (χ3n) is 4.42. The maximum Gasteiger partial charge on any atom is 0.234 e. The van der Waals surface area contributed by atoms with Gasteiger partial charge in [-0.3, -0.25) is 9.69 Å². The molecule has 3 rings (SSSR count). The van der Waals surface area contributed by atoms with Gasteiger partial charge in [0.05, 0.1) is 6.54 Å². The molecule has 7 heteroatoms. The van der Waals surface area contributed by atoms with E-state index in [1.807, 2.05) is 18.2 Å². The van der Waals surface area contributed by atoms with Gasteiger partial charge < -0.3 is 20.5 Å². The first-order valence-electron chi connectivity index (χ1n) is 7.66. The number of nitrogens with two attached hydrogens (primary N) is 1. The molecule has 6 nitrogen and oxygen atoms in total. The lowest BCUT2D eigenvalue weighted by Crippen LogP contribution is -2.38. The summed E-state index contributed by atoms with van der Waals surface area (Å²) < 4.78 is 10.6. The fourth-order valence-corrected chi connectivity index (χ4v) is 2.94. The number of benzene rings is 1. The smallest absolute Gasteiger partial charge is 0.234 e. The van der Waals surface area contributed by atoms with Gasteiger partial charge in [-0.05, 0) is 42.6 Å². The largest absolute Gasteiger partial charge is 0.454 e. The van der Waals surface area contributed by atoms with Gasteiger partial charge in [0.25, 0.3) is 0 Å². The minimum absolute atomic E-state index is 0. The second-order valence-corrected chi connectivity index (χ2v) is 6.44. The van der Waals surface area contributed by atoms with Crippen LogP contribution in [-0.4, -0.2) is 43.8 Å². The third-order valence-corrected chi connectivity index (χ3v) is 4.42. The molecule has 2 aliphatic heterocycles. The van der Waals surface area contributed by atoms with Crippen LogP contribution in [0.15, 0.2) is 18.2 Å². The number of halogens is 1. The van der Waals surface area contributed by atoms with Crippen LogP contribution < -0.4 is 20.5 Å². The highest BCUT2D eigenvalue weighted by Crippen LogP contribution is 2.32. The van der Waals surface area contributed by atoms with Gasteiger partial charge in [-0.15, -0.1) is 12.4 Å². The summed E-state index contributed by atoms with van der Waals surface area (Å²) in [5, 5.41) is 2.95. The van der Waals surface area contributed by atoms with Crippen LogP contribution in [0.25, 0.3) is 0 Å². The molecule has 3 N–H and O–H groups in total. The Labute approximate surface area is 142 Å². The molecule has 1 saturated heterocycles. The topological polar surface area (TPSA) is 76.8 Å². The van der Waals surface area contributed by atoms with Gasteiger partial charge in [0.15, 0.2) is 11.5 Å². The second-order valence-electron chi connectivity index (χ2n) is 6.44. The van der Waals surface area contributed by atoms with E-state index in [1.165, 1.54) is 0 Å². The van der Waals surface area contributed by atoms with Gasteiger partial charge in [0, 0.05) is 13.1 Å². The van der Waals surface area contributed by atoms with Gasteiger partial charge in [-0.2, -0.15) is 0 Å². The summed E-state index contributed by atoms with van der Waals surface area (Å²) in [5.41, 5.74) is 6.95. The number of carbonyl (C=O) groups excluding carboxylic acids is 1. The van der Waals surface area contributed by atoms with Crippen LogP contribution >= 0.6 is 12.4 Å². The SMILES string of the molecule is CC1(CN)CCN(CC(=O)NCc2ccc3c(c2)OCO3)C1.Cl. The number of fused-ring (bicyclic) bond motifs is 1. The molecule has 0 spiro atoms. The third kappa shape index (κ3) is 4.28. The van der Waals surface area contributed by atoms with Crippen molar-refractivity contribution in [1.29, 1.82) is 0 Å². The zero-order valence-corrected chi connectivity index (χ0v) is 14.2. The molecule has 1 unspecified atom stereocenters. The molecule has 1 aromatic rings. The Morgan fingerprint density at radius 3 is 2.91 bits per heavy atom. The average molecular weight is 342 g/mol. The molecule has 1 atom stereocenters. The number of nitrogens with zero attached hydrogens (tertiary/aromatic N) is 1. The van der Waals surface area contributed by atoms with Gasteiger partial charge in [-0.1, -0.05) is 13.0 Å². The van der Waals surface area contributed by atoms with Crippen molar-refractivity contribution in [1.82, 2.24) is 10.2 Å². The van der Waals surface area contributed by atoms with E-state index >= 15 is 0 Å². The minimum atomic E-state index is 0. The lowest BCUT2D eigenvalue weighted by molar-refractivity contribution is -0.122. The summed E-state index contributed by atoms with van der Waals surface area (Å²) in [4.78, 5) is 14.2. The summed E-state index contributed by atoms with van der Waals surface area (Å²) in [6, 6.07) is 5.72. The Hall–Kier alpha value is -1.50. The molecule has 2 heterocycles. The van der Waals surface area contributed by atoms with Crippen molar-refractivity contribution in [3.8, 4) is 11.5 Å². The summed E-state index contributed by atoms with van der Waals surface area (Å²) >= 11 is 0. The molecule has 23 heavy (non-hydrogen) atoms. The maximum absolute atomic E-state index is 12.1. The van der Waals surface area contributed by atoms with E-state index in [0.29, 0.717) is 19.6 Å². The number of rotatable bonds is 5. The molecule has 1 amide bonds. The number of hydrogen-bond acceptors (Lipinski definition) is 5. The Bertz CT molecular complexity index is 570. The molecule has 0 bridgehead atoms. The Morgan fingerprint density at radius 1 is 1.39 bits per heavy atom. The van der Waals surface area contributed by atoms with E-state index in [-0.39, 0.29) is 30.5 Å². The summed E-state index contributed by atoms with van der Waals surface area (Å²) in [5.74, 6) is 1.54. The van der Waals surface area contributed by atoms with Crippen molar-refractivity contribution in [3.05, 3.63) is 23.8 Å². The van der Waals surface area contributed by atoms with E-state index in [1.54, 1.807) is 0 Å². The predicted molar refractivity (Wildman–Crippen MR) is 89.9 cm³/mol. The molecule has 2 aliphatic rings. The number of carbonyl (C=O) groups is 1. The summed E-state index contributed by atoms with van der Waals surface area (Å²) in [6.07, 6.45) is 1.05. The van der Waals surface area contributed by atoms with Gasteiger partial charge in [0.1, 0.15) is 0 Å². The van der Waals surface area contributed by atoms with Gasteiger partial charge in [0.2, 0.25) is 12.7 Å². The maximum atomic E-state index is 12.1. The van der Waals surface area contributed by atoms with Crippen LogP contribution in [0.4, 0.5) is 0 Å². The van der Waals surface area contributed by atoms with Crippen molar-refractivity contribution in [2.75, 3.05) is 33.0 Å². The molecular weight excluding hydrogens is 318 g/mol. The number of nitrogens with one attached hydrogen (secondary N) is 1. The average Bonchev–Trinajstić information content (AvgIpc) is 3.12. The Balaban J connectivity index is 0.00000192. The van der Waals surface area contributed by atoms with Crippen LogP contribution in [0.3, 0.4) is 0 Å². The molecule has 0 aromatic heterocycles. The molecule has 128 valence electrons. The van der Waals surface area contributed by atoms with Crippen LogP contribution in [0.1, 0.15) is 18.9 Å². The van der Waals surface area contributed by atoms with Crippen LogP contribution in [0.2, 0.25) is 0 Å². The number of amides is 1. The van der Waals surface area contributed by atoms with Crippen molar-refractivity contribution in [3.63, 3.8) is 0 Å². The zero-order chi connectivity index (χ0) is 15.6. The van der Waals surface area contributed by atoms with Crippen molar-refractivity contribution in [2.45, 2.75) is 19.9 Å². The van der Waals surface area contributed by atoms with Crippen LogP contribution in [0.5, 0.6) is 11.5 Å². The van der Waals surface area contributed by atoms with E-state index < -0.39 is 0 Å². The highest BCUT2D eigenvalue weighted by atomic mass is 35.5. The summed E-state index contributed by atoms with van der Waals surface area (Å²) in [6.45, 7) is 5.86. The first-order valence-corrected chi connectivity index (χ1v) is 7.66. The van der Waals surface area contributed by atoms with Crippen molar-refractivity contribution < 1.29 is 14.3 Å². The van der Waals surface area contributed by atoms with Crippen molar-refractivity contribution in [2.24, 2.45) is 11.1 Å². The van der Waals surface area contributed by atoms with E-state index in [4.69, 9.17) is 15.2 Å². The van der Waals surface area contributed by atoms with E-state index in [2.05, 4.69) is 17.1 Å². The molecule has 0 aliphatic carbocycles. The molecule has 0 saturated carbocycles. The highest BCUT2D eigenvalue weighted by molar-refractivity contribution is 5.85. The van der Waals surface area contributed by atoms with Gasteiger partial charge >= 0.3 is 0 Å². The monoisotopic (exact) mass is 341 g/mol. The standard InChI is InChI=1S/C16H23N3O3.ClH/c1-16(9-17)4-5-19(10-16)8-15(20)18-7-12-2-3-13-14(6-12)22-11-21-13;/h2-3,6H,4-5,7-11,17H2,1H3,(H,18,20);1H. The molecule has 0 radical (unpaired) electrons. The quantitative estimate of drug-likeness (QED) is 0.839. The first kappa shape index (κ1) is 17.8. The van der Waals surface area contributed by atoms with E-state index in [0.717, 1.165) is 36.6 Å². The molecule has 1 fully saturated rings.